The van der Waals surface area contributed by atoms with Crippen molar-refractivity contribution >= 4 is 0 Å². The van der Waals surface area contributed by atoms with Crippen LogP contribution in [0.1, 0.15) is 18.0 Å². The number of nitrogens with two attached hydrogens (primary N) is 1. The van der Waals surface area contributed by atoms with E-state index in [1.54, 1.807) is 0 Å². The van der Waals surface area contributed by atoms with Crippen LogP contribution in [-0.2, 0) is 0 Å². The van der Waals surface area contributed by atoms with E-state index >= 15 is 0 Å². The van der Waals surface area contributed by atoms with E-state index in [1.165, 1.54) is 0 Å². The fourth-order valence-corrected chi connectivity index (χ4v) is 1.20. The van der Waals surface area contributed by atoms with Crippen molar-refractivity contribution in [2.24, 2.45) is 5.73 Å². The molecule has 0 spiro atoms. The summed E-state index contributed by atoms with van der Waals surface area (Å²) in [6.45, 7) is 0. The van der Waals surface area contributed by atoms with Gasteiger partial charge in [0.25, 0.3) is 0 Å². The quantitative estimate of drug-likeness (QED) is 0.716. The van der Waals surface area contributed by atoms with Gasteiger partial charge in [-0.2, -0.15) is 13.2 Å². The lowest BCUT2D eigenvalue weighted by atomic mass is 10.0. The molecule has 0 unspecified atom stereocenters. The van der Waals surface area contributed by atoms with Crippen LogP contribution in [0.5, 0.6) is 11.5 Å². The van der Waals surface area contributed by atoms with Crippen LogP contribution in [0.3, 0.4) is 0 Å². The summed E-state index contributed by atoms with van der Waals surface area (Å²) in [7, 11) is 0. The maximum Gasteiger partial charge on any atom is 0.390 e. The number of alkyl halides is 3. The molecule has 84 valence electrons. The first-order valence-corrected chi connectivity index (χ1v) is 4.13. The molecule has 1 aromatic carbocycles. The molecule has 0 aliphatic heterocycles. The number of hydrogen-bond acceptors (Lipinski definition) is 3. The molecule has 0 bridgehead atoms. The van der Waals surface area contributed by atoms with Gasteiger partial charge in [0, 0.05) is 12.1 Å². The summed E-state index contributed by atoms with van der Waals surface area (Å²) in [6, 6.07) is 1.92. The minimum absolute atomic E-state index is 0.0461. The molecule has 0 aliphatic carbocycles. The van der Waals surface area contributed by atoms with E-state index in [9.17, 15) is 13.2 Å². The molecule has 0 amide bonds. The van der Waals surface area contributed by atoms with E-state index < -0.39 is 18.6 Å². The lowest BCUT2D eigenvalue weighted by Gasteiger charge is -2.14. The van der Waals surface area contributed by atoms with Gasteiger partial charge in [-0.1, -0.05) is 0 Å². The molecular weight excluding hydrogens is 211 g/mol. The highest BCUT2D eigenvalue weighted by Crippen LogP contribution is 2.31. The third-order valence-corrected chi connectivity index (χ3v) is 1.80. The summed E-state index contributed by atoms with van der Waals surface area (Å²) >= 11 is 0. The second-order valence-electron chi connectivity index (χ2n) is 3.21. The zero-order valence-corrected chi connectivity index (χ0v) is 7.62. The lowest BCUT2D eigenvalue weighted by Crippen LogP contribution is -2.20. The number of rotatable bonds is 2. The molecule has 15 heavy (non-hydrogen) atoms. The van der Waals surface area contributed by atoms with E-state index in [2.05, 4.69) is 0 Å². The van der Waals surface area contributed by atoms with Gasteiger partial charge in [0.15, 0.2) is 0 Å². The number of phenolic OH excluding ortho intramolecular Hbond substituents is 2. The van der Waals surface area contributed by atoms with Crippen LogP contribution in [0.4, 0.5) is 13.2 Å². The van der Waals surface area contributed by atoms with Crippen molar-refractivity contribution < 1.29 is 23.4 Å². The fourth-order valence-electron chi connectivity index (χ4n) is 1.20. The Kier molecular flexibility index (Phi) is 3.09. The number of benzene rings is 1. The Bertz CT molecular complexity index is 331. The normalized spacial score (nSPS) is 13.9. The van der Waals surface area contributed by atoms with Gasteiger partial charge in [-0.3, -0.25) is 0 Å². The molecule has 0 aromatic heterocycles. The third kappa shape index (κ3) is 3.67. The first-order valence-electron chi connectivity index (χ1n) is 4.13. The summed E-state index contributed by atoms with van der Waals surface area (Å²) in [5.41, 5.74) is 5.32. The Morgan fingerprint density at radius 2 is 1.60 bits per heavy atom. The standard InChI is InChI=1S/C9H10F3NO2/c10-9(11,12)4-8(13)5-1-6(14)3-7(15)2-5/h1-3,8,14-15H,4,13H2/t8-/m0/s1. The van der Waals surface area contributed by atoms with Gasteiger partial charge in [-0.05, 0) is 17.7 Å². The fraction of sp³-hybridized carbons (Fsp3) is 0.333. The van der Waals surface area contributed by atoms with Crippen molar-refractivity contribution in [3.8, 4) is 11.5 Å². The summed E-state index contributed by atoms with van der Waals surface area (Å²) in [5, 5.41) is 18.1. The monoisotopic (exact) mass is 221 g/mol. The van der Waals surface area contributed by atoms with Crippen LogP contribution in [0.25, 0.3) is 0 Å². The average Bonchev–Trinajstić information content (AvgIpc) is 1.98. The van der Waals surface area contributed by atoms with Crippen LogP contribution < -0.4 is 5.73 Å². The molecule has 3 nitrogen and oxygen atoms in total. The van der Waals surface area contributed by atoms with Crippen molar-refractivity contribution in [3.05, 3.63) is 23.8 Å². The van der Waals surface area contributed by atoms with Crippen LogP contribution in [0.15, 0.2) is 18.2 Å². The molecule has 0 aliphatic rings. The molecule has 0 saturated carbocycles. The van der Waals surface area contributed by atoms with Crippen molar-refractivity contribution in [2.75, 3.05) is 0 Å². The van der Waals surface area contributed by atoms with Crippen LogP contribution >= 0.6 is 0 Å². The van der Waals surface area contributed by atoms with Crippen molar-refractivity contribution in [1.29, 1.82) is 0 Å². The maximum absolute atomic E-state index is 12.0. The predicted molar refractivity (Wildman–Crippen MR) is 47.4 cm³/mol. The number of aromatic hydroxyl groups is 2. The van der Waals surface area contributed by atoms with Gasteiger partial charge in [0.2, 0.25) is 0 Å². The summed E-state index contributed by atoms with van der Waals surface area (Å²) in [5.74, 6) is -0.634. The minimum atomic E-state index is -4.37. The van der Waals surface area contributed by atoms with E-state index in [1.807, 2.05) is 0 Å². The first kappa shape index (κ1) is 11.6. The zero-order valence-electron chi connectivity index (χ0n) is 7.62. The van der Waals surface area contributed by atoms with E-state index in [-0.39, 0.29) is 17.1 Å². The van der Waals surface area contributed by atoms with E-state index in [0.717, 1.165) is 18.2 Å². The van der Waals surface area contributed by atoms with Crippen molar-refractivity contribution in [3.63, 3.8) is 0 Å². The van der Waals surface area contributed by atoms with Crippen molar-refractivity contribution in [1.82, 2.24) is 0 Å². The summed E-state index contributed by atoms with van der Waals surface area (Å²) in [6.07, 6.45) is -5.57. The Labute approximate surface area is 84.0 Å². The van der Waals surface area contributed by atoms with Gasteiger partial charge in [0.05, 0.1) is 6.42 Å². The second-order valence-corrected chi connectivity index (χ2v) is 3.21. The Morgan fingerprint density at radius 3 is 2.00 bits per heavy atom. The molecule has 0 fully saturated rings. The first-order chi connectivity index (χ1) is 6.78. The molecule has 1 rings (SSSR count). The van der Waals surface area contributed by atoms with Gasteiger partial charge in [-0.15, -0.1) is 0 Å². The highest BCUT2D eigenvalue weighted by Gasteiger charge is 2.31. The maximum atomic E-state index is 12.0. The van der Waals surface area contributed by atoms with Crippen LogP contribution in [0, 0.1) is 0 Å². The Balaban J connectivity index is 2.86. The Morgan fingerprint density at radius 1 is 1.13 bits per heavy atom. The lowest BCUT2D eigenvalue weighted by molar-refractivity contribution is -0.138. The van der Waals surface area contributed by atoms with E-state index in [4.69, 9.17) is 15.9 Å². The van der Waals surface area contributed by atoms with Gasteiger partial charge in [-0.25, -0.2) is 0 Å². The SMILES string of the molecule is N[C@@H](CC(F)(F)F)c1cc(O)cc(O)c1. The van der Waals surface area contributed by atoms with Crippen molar-refractivity contribution in [2.45, 2.75) is 18.6 Å². The predicted octanol–water partition coefficient (Wildman–Crippen LogP) is 2.05. The molecule has 4 N–H and O–H groups in total. The molecule has 1 aromatic rings. The molecule has 1 atom stereocenters. The second kappa shape index (κ2) is 3.98. The zero-order chi connectivity index (χ0) is 11.6. The number of phenols is 2. The molecule has 6 heteroatoms. The van der Waals surface area contributed by atoms with Gasteiger partial charge >= 0.3 is 6.18 Å². The molecular formula is C9H10F3NO2. The third-order valence-electron chi connectivity index (χ3n) is 1.80. The topological polar surface area (TPSA) is 66.5 Å². The molecule has 0 heterocycles. The smallest absolute Gasteiger partial charge is 0.390 e. The molecule has 0 saturated heterocycles. The van der Waals surface area contributed by atoms with Gasteiger partial charge in [0.1, 0.15) is 11.5 Å². The highest BCUT2D eigenvalue weighted by molar-refractivity contribution is 5.38. The van der Waals surface area contributed by atoms with Crippen LogP contribution in [-0.4, -0.2) is 16.4 Å². The summed E-state index contributed by atoms with van der Waals surface area (Å²) in [4.78, 5) is 0. The number of hydrogen-bond donors (Lipinski definition) is 3. The highest BCUT2D eigenvalue weighted by atomic mass is 19.4. The van der Waals surface area contributed by atoms with E-state index in [0.29, 0.717) is 0 Å². The average molecular weight is 221 g/mol. The number of halogens is 3. The largest absolute Gasteiger partial charge is 0.508 e. The van der Waals surface area contributed by atoms with Crippen LogP contribution in [0.2, 0.25) is 0 Å². The summed E-state index contributed by atoms with van der Waals surface area (Å²) < 4.78 is 36.0. The Hall–Kier alpha value is -1.43. The minimum Gasteiger partial charge on any atom is -0.508 e. The molecule has 0 radical (unpaired) electrons. The van der Waals surface area contributed by atoms with Gasteiger partial charge < -0.3 is 15.9 Å².